The number of hydrogen-bond acceptors (Lipinski definition) is 2. The summed E-state index contributed by atoms with van der Waals surface area (Å²) in [6.45, 7) is 11.9. The summed E-state index contributed by atoms with van der Waals surface area (Å²) in [5.41, 5.74) is 1.14. The average Bonchev–Trinajstić information content (AvgIpc) is 3.11. The zero-order chi connectivity index (χ0) is 20.3. The molecule has 0 unspecified atom stereocenters. The predicted molar refractivity (Wildman–Crippen MR) is 121 cm³/mol. The molecule has 4 saturated carbocycles. The normalized spacial score (nSPS) is 50.9. The van der Waals surface area contributed by atoms with Crippen LogP contribution in [0.2, 0.25) is 0 Å². The Morgan fingerprint density at radius 2 is 1.69 bits per heavy atom. The standard InChI is InChI=1S/C27H43NO/c1-19-17-22-23-5-4-12-25(23,2)13-9-24(22)26(3)14-8-21(18-27(19,26)29)7-6-20-10-15-28-16-11-20/h6-7,20-24,28-29H,1,4-5,8-18H2,2-3H3/b7-6-/t21-,22+,23+,24+,25+,26-,27+/m1/s1. The number of rotatable bonds is 2. The highest BCUT2D eigenvalue weighted by Crippen LogP contribution is 2.68. The molecule has 1 aliphatic heterocycles. The summed E-state index contributed by atoms with van der Waals surface area (Å²) in [6, 6.07) is 0. The van der Waals surface area contributed by atoms with Crippen LogP contribution in [0, 0.1) is 40.4 Å². The topological polar surface area (TPSA) is 32.3 Å². The van der Waals surface area contributed by atoms with Gasteiger partial charge in [-0.25, -0.2) is 0 Å². The molecule has 29 heavy (non-hydrogen) atoms. The quantitative estimate of drug-likeness (QED) is 0.571. The van der Waals surface area contributed by atoms with Crippen LogP contribution in [0.3, 0.4) is 0 Å². The van der Waals surface area contributed by atoms with Gasteiger partial charge in [0.2, 0.25) is 0 Å². The fraction of sp³-hybridized carbons (Fsp3) is 0.852. The van der Waals surface area contributed by atoms with E-state index < -0.39 is 5.60 Å². The lowest BCUT2D eigenvalue weighted by atomic mass is 9.42. The van der Waals surface area contributed by atoms with E-state index in [1.165, 1.54) is 63.4 Å². The molecule has 5 fully saturated rings. The maximum absolute atomic E-state index is 12.1. The first-order valence-electron chi connectivity index (χ1n) is 12.7. The summed E-state index contributed by atoms with van der Waals surface area (Å²) in [5.74, 6) is 3.60. The molecule has 7 atom stereocenters. The van der Waals surface area contributed by atoms with Gasteiger partial charge in [0.25, 0.3) is 0 Å². The van der Waals surface area contributed by atoms with Crippen LogP contribution in [-0.4, -0.2) is 23.8 Å². The number of allylic oxidation sites excluding steroid dienone is 2. The zero-order valence-corrected chi connectivity index (χ0v) is 18.9. The van der Waals surface area contributed by atoms with Crippen molar-refractivity contribution < 1.29 is 5.11 Å². The van der Waals surface area contributed by atoms with Crippen LogP contribution < -0.4 is 5.32 Å². The van der Waals surface area contributed by atoms with E-state index >= 15 is 0 Å². The van der Waals surface area contributed by atoms with E-state index in [-0.39, 0.29) is 5.41 Å². The van der Waals surface area contributed by atoms with Gasteiger partial charge in [-0.2, -0.15) is 0 Å². The molecule has 0 radical (unpaired) electrons. The first-order chi connectivity index (χ1) is 13.9. The average molecular weight is 398 g/mol. The van der Waals surface area contributed by atoms with Crippen molar-refractivity contribution in [3.63, 3.8) is 0 Å². The summed E-state index contributed by atoms with van der Waals surface area (Å²) in [7, 11) is 0. The fourth-order valence-electron chi connectivity index (χ4n) is 8.77. The van der Waals surface area contributed by atoms with Crippen LogP contribution in [0.4, 0.5) is 0 Å². The van der Waals surface area contributed by atoms with Gasteiger partial charge in [0.05, 0.1) is 5.60 Å². The Hall–Kier alpha value is -0.600. The second kappa shape index (κ2) is 7.23. The van der Waals surface area contributed by atoms with Crippen molar-refractivity contribution in [3.8, 4) is 0 Å². The molecule has 5 aliphatic rings. The third kappa shape index (κ3) is 3.11. The minimum absolute atomic E-state index is 0.0377. The summed E-state index contributed by atoms with van der Waals surface area (Å²) in [5, 5.41) is 15.6. The molecule has 5 rings (SSSR count). The van der Waals surface area contributed by atoms with E-state index in [0.717, 1.165) is 43.7 Å². The molecule has 2 nitrogen and oxygen atoms in total. The number of hydrogen-bond donors (Lipinski definition) is 2. The van der Waals surface area contributed by atoms with Gasteiger partial charge < -0.3 is 10.4 Å². The molecule has 2 heteroatoms. The Morgan fingerprint density at radius 1 is 0.931 bits per heavy atom. The summed E-state index contributed by atoms with van der Waals surface area (Å²) in [4.78, 5) is 0. The first-order valence-corrected chi connectivity index (χ1v) is 12.7. The van der Waals surface area contributed by atoms with Crippen LogP contribution in [0.25, 0.3) is 0 Å². The minimum Gasteiger partial charge on any atom is -0.385 e. The lowest BCUT2D eigenvalue weighted by Gasteiger charge is -2.64. The third-order valence-electron chi connectivity index (χ3n) is 10.7. The predicted octanol–water partition coefficient (Wildman–Crippen LogP) is 5.87. The third-order valence-corrected chi connectivity index (χ3v) is 10.7. The lowest BCUT2D eigenvalue weighted by Crippen LogP contribution is -2.62. The molecular weight excluding hydrogens is 354 g/mol. The molecule has 0 aromatic heterocycles. The fourth-order valence-corrected chi connectivity index (χ4v) is 8.77. The van der Waals surface area contributed by atoms with Gasteiger partial charge in [0, 0.05) is 5.41 Å². The number of piperidine rings is 1. The number of aliphatic hydroxyl groups is 1. The van der Waals surface area contributed by atoms with E-state index in [4.69, 9.17) is 0 Å². The van der Waals surface area contributed by atoms with Gasteiger partial charge in [-0.15, -0.1) is 0 Å². The van der Waals surface area contributed by atoms with Crippen molar-refractivity contribution >= 4 is 0 Å². The maximum Gasteiger partial charge on any atom is 0.0915 e. The Bertz CT molecular complexity index is 678. The van der Waals surface area contributed by atoms with Crippen molar-refractivity contribution in [2.24, 2.45) is 40.4 Å². The number of fused-ring (bicyclic) bond motifs is 5. The summed E-state index contributed by atoms with van der Waals surface area (Å²) >= 11 is 0. The summed E-state index contributed by atoms with van der Waals surface area (Å²) < 4.78 is 0. The Kier molecular flexibility index (Phi) is 5.06. The van der Waals surface area contributed by atoms with Gasteiger partial charge >= 0.3 is 0 Å². The molecule has 0 aromatic rings. The highest BCUT2D eigenvalue weighted by Gasteiger charge is 2.64. The van der Waals surface area contributed by atoms with Crippen LogP contribution in [-0.2, 0) is 0 Å². The van der Waals surface area contributed by atoms with E-state index in [9.17, 15) is 5.11 Å². The van der Waals surface area contributed by atoms with Gasteiger partial charge in [0.15, 0.2) is 0 Å². The van der Waals surface area contributed by atoms with Crippen molar-refractivity contribution in [2.75, 3.05) is 13.1 Å². The maximum atomic E-state index is 12.1. The van der Waals surface area contributed by atoms with Crippen LogP contribution in [0.15, 0.2) is 24.3 Å². The molecule has 0 aromatic carbocycles. The SMILES string of the molecule is C=C1C[C@H]2[C@@H]3CCC[C@@]3(C)CC[C@@H]2[C@@]2(C)CC[C@@H](/C=C\C3CCNCC3)C[C@]12O. The molecule has 162 valence electrons. The molecule has 4 aliphatic carbocycles. The van der Waals surface area contributed by atoms with Crippen molar-refractivity contribution in [1.82, 2.24) is 5.32 Å². The molecule has 0 amide bonds. The molecule has 1 saturated heterocycles. The van der Waals surface area contributed by atoms with Crippen LogP contribution in [0.5, 0.6) is 0 Å². The second-order valence-electron chi connectivity index (χ2n) is 12.0. The lowest BCUT2D eigenvalue weighted by molar-refractivity contribution is -0.177. The van der Waals surface area contributed by atoms with E-state index in [2.05, 4.69) is 37.9 Å². The Labute approximate surface area is 178 Å². The van der Waals surface area contributed by atoms with Crippen LogP contribution >= 0.6 is 0 Å². The molecule has 2 N–H and O–H groups in total. The molecular formula is C27H43NO. The largest absolute Gasteiger partial charge is 0.385 e. The van der Waals surface area contributed by atoms with Gasteiger partial charge in [0.1, 0.15) is 0 Å². The molecule has 0 bridgehead atoms. The van der Waals surface area contributed by atoms with Crippen molar-refractivity contribution in [3.05, 3.63) is 24.3 Å². The number of nitrogens with one attached hydrogen (secondary N) is 1. The highest BCUT2D eigenvalue weighted by molar-refractivity contribution is 5.29. The zero-order valence-electron chi connectivity index (χ0n) is 18.9. The van der Waals surface area contributed by atoms with Gasteiger partial charge in [-0.1, -0.05) is 39.0 Å². The van der Waals surface area contributed by atoms with E-state index in [0.29, 0.717) is 17.3 Å². The van der Waals surface area contributed by atoms with Crippen molar-refractivity contribution in [1.29, 1.82) is 0 Å². The highest BCUT2D eigenvalue weighted by atomic mass is 16.3. The smallest absolute Gasteiger partial charge is 0.0915 e. The Morgan fingerprint density at radius 3 is 2.48 bits per heavy atom. The molecule has 1 heterocycles. The second-order valence-corrected chi connectivity index (χ2v) is 12.0. The monoisotopic (exact) mass is 397 g/mol. The van der Waals surface area contributed by atoms with E-state index in [1.54, 1.807) is 0 Å². The molecule has 0 spiro atoms. The van der Waals surface area contributed by atoms with Crippen molar-refractivity contribution in [2.45, 2.75) is 90.1 Å². The van der Waals surface area contributed by atoms with Gasteiger partial charge in [-0.3, -0.25) is 0 Å². The Balaban J connectivity index is 1.36. The summed E-state index contributed by atoms with van der Waals surface area (Å²) in [6.07, 6.45) is 18.9. The van der Waals surface area contributed by atoms with Gasteiger partial charge in [-0.05, 0) is 118 Å². The minimum atomic E-state index is -0.651. The van der Waals surface area contributed by atoms with E-state index in [1.807, 2.05) is 0 Å². The first kappa shape index (κ1) is 20.3. The van der Waals surface area contributed by atoms with Crippen LogP contribution in [0.1, 0.15) is 84.5 Å².